The van der Waals surface area contributed by atoms with Crippen molar-refractivity contribution in [3.63, 3.8) is 0 Å². The Hall–Kier alpha value is -1.89. The molecule has 0 aliphatic heterocycles. The lowest BCUT2D eigenvalue weighted by molar-refractivity contribution is -0.121. The summed E-state index contributed by atoms with van der Waals surface area (Å²) in [5.41, 5.74) is 5.61. The van der Waals surface area contributed by atoms with Crippen LogP contribution in [0.15, 0.2) is 10.6 Å². The summed E-state index contributed by atoms with van der Waals surface area (Å²) in [7, 11) is 0. The Kier molecular flexibility index (Phi) is 5.64. The Bertz CT molecular complexity index is 590. The number of nitrogens with one attached hydrogen (secondary N) is 2. The first-order valence-corrected chi connectivity index (χ1v) is 8.49. The van der Waals surface area contributed by atoms with Gasteiger partial charge in [0.2, 0.25) is 5.91 Å². The van der Waals surface area contributed by atoms with Crippen LogP contribution in [0.25, 0.3) is 0 Å². The summed E-state index contributed by atoms with van der Waals surface area (Å²) in [4.78, 5) is 24.0. The molecule has 1 unspecified atom stereocenters. The fraction of sp³-hybridized carbons (Fsp3) is 0.706. The van der Waals surface area contributed by atoms with Crippen molar-refractivity contribution in [2.45, 2.75) is 65.0 Å². The Morgan fingerprint density at radius 3 is 2.67 bits per heavy atom. The quantitative estimate of drug-likeness (QED) is 0.667. The molecule has 0 bridgehead atoms. The van der Waals surface area contributed by atoms with Gasteiger partial charge in [-0.1, -0.05) is 19.0 Å². The largest absolute Gasteiger partial charge is 0.360 e. The van der Waals surface area contributed by atoms with Gasteiger partial charge in [0.1, 0.15) is 5.76 Å². The van der Waals surface area contributed by atoms with Gasteiger partial charge in [-0.3, -0.25) is 9.59 Å². The third-order valence-corrected chi connectivity index (χ3v) is 4.51. The van der Waals surface area contributed by atoms with Crippen LogP contribution in [0.5, 0.6) is 0 Å². The fourth-order valence-corrected chi connectivity index (χ4v) is 2.27. The lowest BCUT2D eigenvalue weighted by Crippen LogP contribution is -2.49. The molecule has 4 N–H and O–H groups in total. The van der Waals surface area contributed by atoms with Gasteiger partial charge in [0.05, 0.1) is 0 Å². The molecule has 0 spiro atoms. The molecule has 0 saturated heterocycles. The smallest absolute Gasteiger partial charge is 0.273 e. The average Bonchev–Trinajstić information content (AvgIpc) is 3.21. The number of hydrogen-bond acceptors (Lipinski definition) is 5. The fourth-order valence-electron chi connectivity index (χ4n) is 2.27. The van der Waals surface area contributed by atoms with E-state index >= 15 is 0 Å². The number of carbonyl (C=O) groups excluding carboxylic acids is 2. The minimum absolute atomic E-state index is 0.0813. The van der Waals surface area contributed by atoms with Gasteiger partial charge in [-0.2, -0.15) is 0 Å². The first-order chi connectivity index (χ1) is 11.2. The van der Waals surface area contributed by atoms with E-state index in [4.69, 9.17) is 10.3 Å². The van der Waals surface area contributed by atoms with Crippen molar-refractivity contribution < 1.29 is 14.1 Å². The zero-order valence-electron chi connectivity index (χ0n) is 14.9. The minimum Gasteiger partial charge on any atom is -0.360 e. The molecule has 1 aromatic heterocycles. The molecule has 7 heteroatoms. The van der Waals surface area contributed by atoms with Crippen LogP contribution >= 0.6 is 0 Å². The van der Waals surface area contributed by atoms with Gasteiger partial charge in [-0.25, -0.2) is 0 Å². The lowest BCUT2D eigenvalue weighted by atomic mass is 9.85. The van der Waals surface area contributed by atoms with Gasteiger partial charge in [0.15, 0.2) is 5.69 Å². The molecule has 134 valence electrons. The van der Waals surface area contributed by atoms with Crippen LogP contribution < -0.4 is 16.4 Å². The standard InChI is InChI=1S/C17H28N4O3/c1-10(18)7-15(22)19-9-17(3,4)11(2)20-16(23)13-8-14(24-21-13)12-5-6-12/h8,10-12H,5-7,9,18H2,1-4H3,(H,19,22)(H,20,23)/t10-,11?/m0/s1. The van der Waals surface area contributed by atoms with Gasteiger partial charge in [-0.05, 0) is 26.7 Å². The third kappa shape index (κ3) is 5.06. The number of nitrogens with two attached hydrogens (primary N) is 1. The third-order valence-electron chi connectivity index (χ3n) is 4.51. The van der Waals surface area contributed by atoms with Crippen molar-refractivity contribution >= 4 is 11.8 Å². The molecule has 24 heavy (non-hydrogen) atoms. The van der Waals surface area contributed by atoms with Crippen LogP contribution in [-0.4, -0.2) is 35.6 Å². The molecule has 1 heterocycles. The highest BCUT2D eigenvalue weighted by atomic mass is 16.5. The normalized spacial score (nSPS) is 17.2. The van der Waals surface area contributed by atoms with E-state index in [1.54, 1.807) is 13.0 Å². The maximum atomic E-state index is 12.3. The van der Waals surface area contributed by atoms with Crippen molar-refractivity contribution in [2.24, 2.45) is 11.1 Å². The number of amides is 2. The van der Waals surface area contributed by atoms with E-state index in [0.29, 0.717) is 24.6 Å². The topological polar surface area (TPSA) is 110 Å². The molecule has 1 fully saturated rings. The molecular formula is C17H28N4O3. The molecule has 0 aromatic carbocycles. The Labute approximate surface area is 142 Å². The average molecular weight is 336 g/mol. The van der Waals surface area contributed by atoms with Gasteiger partial charge in [0, 0.05) is 42.4 Å². The first-order valence-electron chi connectivity index (χ1n) is 8.49. The number of aromatic nitrogens is 1. The van der Waals surface area contributed by atoms with Crippen LogP contribution in [-0.2, 0) is 4.79 Å². The SMILES string of the molecule is CC(NC(=O)c1cc(C2CC2)on1)C(C)(C)CNC(=O)C[C@H](C)N. The summed E-state index contributed by atoms with van der Waals surface area (Å²) in [6, 6.07) is 1.40. The van der Waals surface area contributed by atoms with E-state index < -0.39 is 0 Å². The predicted molar refractivity (Wildman–Crippen MR) is 90.5 cm³/mol. The van der Waals surface area contributed by atoms with Gasteiger partial charge < -0.3 is 20.9 Å². The molecule has 1 saturated carbocycles. The zero-order valence-corrected chi connectivity index (χ0v) is 14.9. The van der Waals surface area contributed by atoms with Gasteiger partial charge in [0.25, 0.3) is 5.91 Å². The summed E-state index contributed by atoms with van der Waals surface area (Å²) in [5.74, 6) is 0.874. The van der Waals surface area contributed by atoms with Crippen molar-refractivity contribution in [1.82, 2.24) is 15.8 Å². The second-order valence-corrected chi connectivity index (χ2v) is 7.53. The summed E-state index contributed by atoms with van der Waals surface area (Å²) in [6.07, 6.45) is 2.49. The second-order valence-electron chi connectivity index (χ2n) is 7.53. The van der Waals surface area contributed by atoms with Crippen molar-refractivity contribution in [2.75, 3.05) is 6.54 Å². The van der Waals surface area contributed by atoms with Crippen molar-refractivity contribution in [3.8, 4) is 0 Å². The molecule has 7 nitrogen and oxygen atoms in total. The van der Waals surface area contributed by atoms with E-state index in [1.165, 1.54) is 0 Å². The molecule has 0 radical (unpaired) electrons. The van der Waals surface area contributed by atoms with Crippen LogP contribution in [0.2, 0.25) is 0 Å². The Balaban J connectivity index is 1.85. The highest BCUT2D eigenvalue weighted by molar-refractivity contribution is 5.92. The first kappa shape index (κ1) is 18.4. The van der Waals surface area contributed by atoms with Crippen LogP contribution in [0.1, 0.15) is 69.1 Å². The maximum Gasteiger partial charge on any atom is 0.273 e. The molecule has 2 atom stereocenters. The molecule has 2 rings (SSSR count). The van der Waals surface area contributed by atoms with Crippen molar-refractivity contribution in [3.05, 3.63) is 17.5 Å². The molecular weight excluding hydrogens is 308 g/mol. The Morgan fingerprint density at radius 2 is 2.08 bits per heavy atom. The molecule has 2 amide bonds. The van der Waals surface area contributed by atoms with Crippen LogP contribution in [0.4, 0.5) is 0 Å². The number of carbonyl (C=O) groups is 2. The van der Waals surface area contributed by atoms with Gasteiger partial charge >= 0.3 is 0 Å². The highest BCUT2D eigenvalue weighted by Gasteiger charge is 2.31. The maximum absolute atomic E-state index is 12.3. The van der Waals surface area contributed by atoms with Gasteiger partial charge in [-0.15, -0.1) is 0 Å². The summed E-state index contributed by atoms with van der Waals surface area (Å²) in [6.45, 7) is 8.13. The number of rotatable bonds is 8. The molecule has 1 aliphatic rings. The second kappa shape index (κ2) is 7.34. The summed E-state index contributed by atoms with van der Waals surface area (Å²) < 4.78 is 5.21. The minimum atomic E-state index is -0.313. The summed E-state index contributed by atoms with van der Waals surface area (Å²) in [5, 5.41) is 9.66. The van der Waals surface area contributed by atoms with E-state index in [1.807, 2.05) is 20.8 Å². The van der Waals surface area contributed by atoms with Crippen LogP contribution in [0.3, 0.4) is 0 Å². The molecule has 1 aliphatic carbocycles. The lowest BCUT2D eigenvalue weighted by Gasteiger charge is -2.32. The number of hydrogen-bond donors (Lipinski definition) is 3. The van der Waals surface area contributed by atoms with E-state index in [9.17, 15) is 9.59 Å². The van der Waals surface area contributed by atoms with Crippen molar-refractivity contribution in [1.29, 1.82) is 0 Å². The van der Waals surface area contributed by atoms with E-state index in [0.717, 1.165) is 18.6 Å². The predicted octanol–water partition coefficient (Wildman–Crippen LogP) is 1.55. The zero-order chi connectivity index (χ0) is 17.9. The van der Waals surface area contributed by atoms with Crippen LogP contribution in [0, 0.1) is 5.41 Å². The monoisotopic (exact) mass is 336 g/mol. The molecule has 1 aromatic rings. The Morgan fingerprint density at radius 1 is 1.42 bits per heavy atom. The highest BCUT2D eigenvalue weighted by Crippen LogP contribution is 2.40. The number of nitrogens with zero attached hydrogens (tertiary/aromatic N) is 1. The van der Waals surface area contributed by atoms with E-state index in [-0.39, 0.29) is 29.3 Å². The summed E-state index contributed by atoms with van der Waals surface area (Å²) >= 11 is 0. The van der Waals surface area contributed by atoms with E-state index in [2.05, 4.69) is 15.8 Å².